The molecular formula is C14H23N3O. The van der Waals surface area contributed by atoms with E-state index in [1.165, 1.54) is 25.9 Å². The molecule has 0 unspecified atom stereocenters. The van der Waals surface area contributed by atoms with Gasteiger partial charge in [0.25, 0.3) is 5.91 Å². The summed E-state index contributed by atoms with van der Waals surface area (Å²) in [6.07, 6.45) is 4.22. The molecule has 1 aromatic rings. The maximum absolute atomic E-state index is 11.9. The van der Waals surface area contributed by atoms with Gasteiger partial charge in [-0.1, -0.05) is 6.92 Å². The van der Waals surface area contributed by atoms with Crippen molar-refractivity contribution in [2.75, 3.05) is 26.2 Å². The second kappa shape index (κ2) is 6.05. The van der Waals surface area contributed by atoms with Crippen LogP contribution in [0.25, 0.3) is 0 Å². The Kier molecular flexibility index (Phi) is 4.42. The molecule has 1 aromatic heterocycles. The van der Waals surface area contributed by atoms with E-state index < -0.39 is 0 Å². The minimum Gasteiger partial charge on any atom is -0.365 e. The van der Waals surface area contributed by atoms with Gasteiger partial charge < -0.3 is 15.2 Å². The third-order valence-electron chi connectivity index (χ3n) is 3.66. The third-order valence-corrected chi connectivity index (χ3v) is 3.66. The molecule has 100 valence electrons. The molecular weight excluding hydrogens is 226 g/mol. The molecule has 1 aliphatic heterocycles. The average Bonchev–Trinajstić information content (AvgIpc) is 2.96. The largest absolute Gasteiger partial charge is 0.365 e. The number of amides is 1. The Hall–Kier alpha value is -1.29. The molecule has 1 aliphatic rings. The van der Waals surface area contributed by atoms with E-state index in [1.54, 1.807) is 0 Å². The standard InChI is InChI=1S/C14H23N3O/c1-3-7-17-8-5-12(10-17)9-16-14(18)13-4-6-15-11(13)2/h4,6,12,15H,3,5,7-10H2,1-2H3,(H,16,18)/t12-/m1/s1. The Balaban J connectivity index is 1.76. The Labute approximate surface area is 109 Å². The number of nitrogens with zero attached hydrogens (tertiary/aromatic N) is 1. The summed E-state index contributed by atoms with van der Waals surface area (Å²) in [5, 5.41) is 3.04. The second-order valence-corrected chi connectivity index (χ2v) is 5.18. The third kappa shape index (κ3) is 3.13. The number of H-pyrrole nitrogens is 1. The first-order valence-electron chi connectivity index (χ1n) is 6.85. The van der Waals surface area contributed by atoms with Gasteiger partial charge in [0.2, 0.25) is 0 Å². The zero-order valence-electron chi connectivity index (χ0n) is 11.3. The molecule has 0 bridgehead atoms. The topological polar surface area (TPSA) is 48.1 Å². The van der Waals surface area contributed by atoms with Crippen molar-refractivity contribution in [3.63, 3.8) is 0 Å². The fraction of sp³-hybridized carbons (Fsp3) is 0.643. The number of hydrogen-bond acceptors (Lipinski definition) is 2. The van der Waals surface area contributed by atoms with E-state index in [4.69, 9.17) is 0 Å². The highest BCUT2D eigenvalue weighted by Crippen LogP contribution is 2.15. The second-order valence-electron chi connectivity index (χ2n) is 5.18. The maximum atomic E-state index is 11.9. The van der Waals surface area contributed by atoms with Crippen LogP contribution < -0.4 is 5.32 Å². The van der Waals surface area contributed by atoms with Crippen molar-refractivity contribution < 1.29 is 4.79 Å². The molecule has 18 heavy (non-hydrogen) atoms. The predicted molar refractivity (Wildman–Crippen MR) is 72.7 cm³/mol. The number of carbonyl (C=O) groups excluding carboxylic acids is 1. The number of rotatable bonds is 5. The van der Waals surface area contributed by atoms with E-state index in [1.807, 2.05) is 19.2 Å². The first-order chi connectivity index (χ1) is 8.70. The van der Waals surface area contributed by atoms with Gasteiger partial charge in [0.05, 0.1) is 5.56 Å². The lowest BCUT2D eigenvalue weighted by molar-refractivity contribution is 0.0947. The summed E-state index contributed by atoms with van der Waals surface area (Å²) in [6.45, 7) is 8.42. The molecule has 2 heterocycles. The van der Waals surface area contributed by atoms with Gasteiger partial charge in [-0.25, -0.2) is 0 Å². The number of carbonyl (C=O) groups is 1. The predicted octanol–water partition coefficient (Wildman–Crippen LogP) is 1.78. The van der Waals surface area contributed by atoms with E-state index in [0.29, 0.717) is 5.92 Å². The number of likely N-dealkylation sites (tertiary alicyclic amines) is 1. The number of aromatic nitrogens is 1. The molecule has 2 N–H and O–H groups in total. The van der Waals surface area contributed by atoms with Crippen LogP contribution in [0.15, 0.2) is 12.3 Å². The molecule has 0 aliphatic carbocycles. The molecule has 1 amide bonds. The van der Waals surface area contributed by atoms with Crippen LogP contribution >= 0.6 is 0 Å². The Morgan fingerprint density at radius 1 is 1.61 bits per heavy atom. The van der Waals surface area contributed by atoms with Crippen LogP contribution in [-0.2, 0) is 0 Å². The number of hydrogen-bond donors (Lipinski definition) is 2. The first-order valence-corrected chi connectivity index (χ1v) is 6.85. The minimum atomic E-state index is 0.0442. The molecule has 1 saturated heterocycles. The summed E-state index contributed by atoms with van der Waals surface area (Å²) in [5.74, 6) is 0.655. The van der Waals surface area contributed by atoms with Gasteiger partial charge in [-0.3, -0.25) is 4.79 Å². The maximum Gasteiger partial charge on any atom is 0.253 e. The molecule has 4 heteroatoms. The summed E-state index contributed by atoms with van der Waals surface area (Å²) in [6, 6.07) is 1.84. The summed E-state index contributed by atoms with van der Waals surface area (Å²) in [7, 11) is 0. The van der Waals surface area contributed by atoms with Crippen molar-refractivity contribution in [3.05, 3.63) is 23.5 Å². The van der Waals surface area contributed by atoms with E-state index in [-0.39, 0.29) is 5.91 Å². The fourth-order valence-electron chi connectivity index (χ4n) is 2.63. The van der Waals surface area contributed by atoms with Crippen LogP contribution in [0.2, 0.25) is 0 Å². The Bertz CT molecular complexity index is 399. The first kappa shape index (κ1) is 13.1. The fourth-order valence-corrected chi connectivity index (χ4v) is 2.63. The SMILES string of the molecule is CCCN1CC[C@H](CNC(=O)c2cc[nH]c2C)C1. The molecule has 4 nitrogen and oxygen atoms in total. The van der Waals surface area contributed by atoms with E-state index in [9.17, 15) is 4.79 Å². The average molecular weight is 249 g/mol. The van der Waals surface area contributed by atoms with Crippen molar-refractivity contribution in [1.29, 1.82) is 0 Å². The Morgan fingerprint density at radius 2 is 2.44 bits per heavy atom. The quantitative estimate of drug-likeness (QED) is 0.835. The normalized spacial score (nSPS) is 20.2. The highest BCUT2D eigenvalue weighted by molar-refractivity contribution is 5.95. The van der Waals surface area contributed by atoms with Gasteiger partial charge in [0.15, 0.2) is 0 Å². The van der Waals surface area contributed by atoms with Crippen LogP contribution in [0.5, 0.6) is 0 Å². The summed E-state index contributed by atoms with van der Waals surface area (Å²) < 4.78 is 0. The van der Waals surface area contributed by atoms with E-state index in [0.717, 1.165) is 24.3 Å². The van der Waals surface area contributed by atoms with Crippen LogP contribution in [-0.4, -0.2) is 42.0 Å². The molecule has 0 aromatic carbocycles. The van der Waals surface area contributed by atoms with Crippen molar-refractivity contribution in [2.45, 2.75) is 26.7 Å². The zero-order valence-corrected chi connectivity index (χ0v) is 11.3. The monoisotopic (exact) mass is 249 g/mol. The van der Waals surface area contributed by atoms with E-state index >= 15 is 0 Å². The van der Waals surface area contributed by atoms with Crippen LogP contribution in [0, 0.1) is 12.8 Å². The lowest BCUT2D eigenvalue weighted by Crippen LogP contribution is -2.31. The molecule has 0 radical (unpaired) electrons. The van der Waals surface area contributed by atoms with Gasteiger partial charge in [0, 0.05) is 25.0 Å². The van der Waals surface area contributed by atoms with Crippen LogP contribution in [0.4, 0.5) is 0 Å². The number of nitrogens with one attached hydrogen (secondary N) is 2. The van der Waals surface area contributed by atoms with Crippen molar-refractivity contribution in [3.8, 4) is 0 Å². The molecule has 0 spiro atoms. The number of aromatic amines is 1. The molecule has 1 fully saturated rings. The molecule has 2 rings (SSSR count). The van der Waals surface area contributed by atoms with Crippen LogP contribution in [0.3, 0.4) is 0 Å². The lowest BCUT2D eigenvalue weighted by Gasteiger charge is -2.15. The Morgan fingerprint density at radius 3 is 3.11 bits per heavy atom. The van der Waals surface area contributed by atoms with E-state index in [2.05, 4.69) is 22.1 Å². The smallest absolute Gasteiger partial charge is 0.253 e. The van der Waals surface area contributed by atoms with Crippen molar-refractivity contribution >= 4 is 5.91 Å². The lowest BCUT2D eigenvalue weighted by atomic mass is 10.1. The molecule has 0 saturated carbocycles. The highest BCUT2D eigenvalue weighted by Gasteiger charge is 2.22. The van der Waals surface area contributed by atoms with Gasteiger partial charge in [-0.2, -0.15) is 0 Å². The summed E-state index contributed by atoms with van der Waals surface area (Å²) >= 11 is 0. The van der Waals surface area contributed by atoms with Gasteiger partial charge in [-0.15, -0.1) is 0 Å². The van der Waals surface area contributed by atoms with Gasteiger partial charge in [-0.05, 0) is 44.8 Å². The summed E-state index contributed by atoms with van der Waals surface area (Å²) in [5.41, 5.74) is 1.70. The van der Waals surface area contributed by atoms with Crippen molar-refractivity contribution in [2.24, 2.45) is 5.92 Å². The van der Waals surface area contributed by atoms with Crippen molar-refractivity contribution in [1.82, 2.24) is 15.2 Å². The van der Waals surface area contributed by atoms with Gasteiger partial charge >= 0.3 is 0 Å². The number of aryl methyl sites for hydroxylation is 1. The highest BCUT2D eigenvalue weighted by atomic mass is 16.1. The molecule has 1 atom stereocenters. The van der Waals surface area contributed by atoms with Gasteiger partial charge in [0.1, 0.15) is 0 Å². The zero-order chi connectivity index (χ0) is 13.0. The minimum absolute atomic E-state index is 0.0442. The van der Waals surface area contributed by atoms with Crippen LogP contribution in [0.1, 0.15) is 35.8 Å². The summed E-state index contributed by atoms with van der Waals surface area (Å²) in [4.78, 5) is 17.5.